The number of hydrogen-bond acceptors (Lipinski definition) is 8. The molecular weight excluding hydrogens is 392 g/mol. The smallest absolute Gasteiger partial charge is 0.232 e. The number of para-hydroxylation sites is 2. The van der Waals surface area contributed by atoms with Crippen LogP contribution in [0.3, 0.4) is 0 Å². The molecule has 150 valence electrons. The molecule has 0 aliphatic heterocycles. The van der Waals surface area contributed by atoms with Crippen molar-refractivity contribution in [1.29, 1.82) is 0 Å². The van der Waals surface area contributed by atoms with Gasteiger partial charge in [-0.3, -0.25) is 0 Å². The number of anilines is 3. The molecule has 1 aliphatic carbocycles. The van der Waals surface area contributed by atoms with Gasteiger partial charge in [-0.2, -0.15) is 15.0 Å². The zero-order valence-corrected chi connectivity index (χ0v) is 17.9. The highest BCUT2D eigenvalue weighted by Gasteiger charge is 2.20. The fourth-order valence-electron chi connectivity index (χ4n) is 3.27. The lowest BCUT2D eigenvalue weighted by molar-refractivity contribution is 0.285. The first kappa shape index (κ1) is 20.6. The Kier molecular flexibility index (Phi) is 7.27. The van der Waals surface area contributed by atoms with Gasteiger partial charge in [0.15, 0.2) is 0 Å². The lowest BCUT2D eigenvalue weighted by Crippen LogP contribution is -2.35. The number of rotatable bonds is 6. The minimum atomic E-state index is 0.176. The lowest BCUT2D eigenvalue weighted by Gasteiger charge is -2.32. The molecule has 0 unspecified atom stereocenters. The Bertz CT molecular complexity index is 813. The Balaban J connectivity index is 1.63. The SMILES string of the molecule is COc1ccccc1Nc1nc(N)nc(CSC(=S)N(C)C2CCCCC2)n1. The van der Waals surface area contributed by atoms with Gasteiger partial charge in [-0.25, -0.2) is 0 Å². The van der Waals surface area contributed by atoms with Crippen LogP contribution >= 0.6 is 24.0 Å². The van der Waals surface area contributed by atoms with Gasteiger partial charge in [-0.1, -0.05) is 55.4 Å². The summed E-state index contributed by atoms with van der Waals surface area (Å²) in [5.41, 5.74) is 6.65. The van der Waals surface area contributed by atoms with Crippen LogP contribution in [0, 0.1) is 0 Å². The van der Waals surface area contributed by atoms with Crippen LogP contribution in [0.4, 0.5) is 17.6 Å². The van der Waals surface area contributed by atoms with Gasteiger partial charge in [0.1, 0.15) is 15.9 Å². The molecule has 7 nitrogen and oxygen atoms in total. The van der Waals surface area contributed by atoms with E-state index in [1.807, 2.05) is 24.3 Å². The van der Waals surface area contributed by atoms with E-state index in [1.165, 1.54) is 32.1 Å². The predicted octanol–water partition coefficient (Wildman–Crippen LogP) is 3.99. The van der Waals surface area contributed by atoms with E-state index in [4.69, 9.17) is 22.7 Å². The molecule has 1 heterocycles. The molecule has 0 spiro atoms. The van der Waals surface area contributed by atoms with Crippen LogP contribution < -0.4 is 15.8 Å². The highest BCUT2D eigenvalue weighted by molar-refractivity contribution is 8.22. The van der Waals surface area contributed by atoms with Gasteiger partial charge in [0.25, 0.3) is 0 Å². The molecule has 1 aromatic heterocycles. The summed E-state index contributed by atoms with van der Waals surface area (Å²) in [5, 5.41) is 3.15. The first-order valence-electron chi connectivity index (χ1n) is 9.37. The molecule has 0 bridgehead atoms. The van der Waals surface area contributed by atoms with Crippen molar-refractivity contribution in [3.8, 4) is 5.75 Å². The summed E-state index contributed by atoms with van der Waals surface area (Å²) in [7, 11) is 3.70. The average molecular weight is 419 g/mol. The third-order valence-electron chi connectivity index (χ3n) is 4.79. The summed E-state index contributed by atoms with van der Waals surface area (Å²) in [6, 6.07) is 8.11. The third-order valence-corrected chi connectivity index (χ3v) is 6.37. The number of benzene rings is 1. The van der Waals surface area contributed by atoms with Gasteiger partial charge in [-0.05, 0) is 25.0 Å². The molecule has 0 radical (unpaired) electrons. The van der Waals surface area contributed by atoms with Crippen molar-refractivity contribution in [1.82, 2.24) is 19.9 Å². The summed E-state index contributed by atoms with van der Waals surface area (Å²) in [6.07, 6.45) is 6.32. The van der Waals surface area contributed by atoms with Gasteiger partial charge < -0.3 is 20.7 Å². The predicted molar refractivity (Wildman–Crippen MR) is 119 cm³/mol. The summed E-state index contributed by atoms with van der Waals surface area (Å²) in [4.78, 5) is 15.1. The minimum Gasteiger partial charge on any atom is -0.495 e. The van der Waals surface area contributed by atoms with Crippen molar-refractivity contribution in [2.24, 2.45) is 0 Å². The monoisotopic (exact) mass is 418 g/mol. The normalized spacial score (nSPS) is 14.5. The number of nitrogen functional groups attached to an aromatic ring is 1. The van der Waals surface area contributed by atoms with Crippen molar-refractivity contribution in [2.45, 2.75) is 43.9 Å². The zero-order chi connectivity index (χ0) is 19.9. The van der Waals surface area contributed by atoms with E-state index in [0.29, 0.717) is 29.3 Å². The topological polar surface area (TPSA) is 89.2 Å². The fourth-order valence-corrected chi connectivity index (χ4v) is 4.33. The molecule has 1 aromatic carbocycles. The van der Waals surface area contributed by atoms with Gasteiger partial charge in [-0.15, -0.1) is 0 Å². The van der Waals surface area contributed by atoms with Crippen LogP contribution in [0.5, 0.6) is 5.75 Å². The second-order valence-corrected chi connectivity index (χ2v) is 8.33. The molecule has 3 rings (SSSR count). The number of thiocarbonyl (C=S) groups is 1. The molecule has 1 aliphatic rings. The number of nitrogens with zero attached hydrogens (tertiary/aromatic N) is 4. The number of nitrogens with one attached hydrogen (secondary N) is 1. The molecule has 0 atom stereocenters. The number of aromatic nitrogens is 3. The second-order valence-electron chi connectivity index (χ2n) is 6.72. The lowest BCUT2D eigenvalue weighted by atomic mass is 9.95. The Morgan fingerprint density at radius 2 is 2.00 bits per heavy atom. The van der Waals surface area contributed by atoms with E-state index in [2.05, 4.69) is 32.2 Å². The van der Waals surface area contributed by atoms with Crippen LogP contribution in [0.15, 0.2) is 24.3 Å². The van der Waals surface area contributed by atoms with Gasteiger partial charge in [0.2, 0.25) is 11.9 Å². The van der Waals surface area contributed by atoms with Crippen molar-refractivity contribution >= 4 is 45.9 Å². The molecule has 1 fully saturated rings. The van der Waals surface area contributed by atoms with Crippen LogP contribution in [0.25, 0.3) is 0 Å². The first-order chi connectivity index (χ1) is 13.6. The standard InChI is InChI=1S/C19H26N6OS2/c1-25(13-8-4-3-5-9-13)19(27)28-12-16-22-17(20)24-18(23-16)21-14-10-6-7-11-15(14)26-2/h6-7,10-11,13H,3-5,8-9,12H2,1-2H3,(H3,20,21,22,23,24). The summed E-state index contributed by atoms with van der Waals surface area (Å²) < 4.78 is 6.22. The van der Waals surface area contributed by atoms with Crippen molar-refractivity contribution in [3.05, 3.63) is 30.1 Å². The van der Waals surface area contributed by atoms with Crippen molar-refractivity contribution in [2.75, 3.05) is 25.2 Å². The third kappa shape index (κ3) is 5.45. The van der Waals surface area contributed by atoms with E-state index >= 15 is 0 Å². The van der Waals surface area contributed by atoms with Crippen molar-refractivity contribution in [3.63, 3.8) is 0 Å². The van der Waals surface area contributed by atoms with E-state index in [0.717, 1.165) is 10.0 Å². The van der Waals surface area contributed by atoms with Crippen LogP contribution in [-0.4, -0.2) is 44.4 Å². The quantitative estimate of drug-likeness (QED) is 0.676. The minimum absolute atomic E-state index is 0.176. The maximum absolute atomic E-state index is 5.88. The molecule has 0 amide bonds. The molecule has 2 aromatic rings. The Morgan fingerprint density at radius 1 is 1.25 bits per heavy atom. The maximum atomic E-state index is 5.88. The Labute approximate surface area is 175 Å². The number of thioether (sulfide) groups is 1. The molecule has 9 heteroatoms. The van der Waals surface area contributed by atoms with E-state index < -0.39 is 0 Å². The molecule has 0 saturated heterocycles. The van der Waals surface area contributed by atoms with E-state index in [-0.39, 0.29) is 5.95 Å². The maximum Gasteiger partial charge on any atom is 0.232 e. The number of methoxy groups -OCH3 is 1. The van der Waals surface area contributed by atoms with Crippen LogP contribution in [0.1, 0.15) is 37.9 Å². The van der Waals surface area contributed by atoms with E-state index in [9.17, 15) is 0 Å². The van der Waals surface area contributed by atoms with E-state index in [1.54, 1.807) is 18.9 Å². The molecule has 28 heavy (non-hydrogen) atoms. The molecule has 3 N–H and O–H groups in total. The highest BCUT2D eigenvalue weighted by Crippen LogP contribution is 2.27. The number of nitrogens with two attached hydrogens (primary N) is 1. The largest absolute Gasteiger partial charge is 0.495 e. The summed E-state index contributed by atoms with van der Waals surface area (Å²) in [6.45, 7) is 0. The molecule has 1 saturated carbocycles. The van der Waals surface area contributed by atoms with Crippen LogP contribution in [-0.2, 0) is 5.75 Å². The fraction of sp³-hybridized carbons (Fsp3) is 0.474. The molecular formula is C19H26N6OS2. The summed E-state index contributed by atoms with van der Waals surface area (Å²) >= 11 is 7.17. The highest BCUT2D eigenvalue weighted by atomic mass is 32.2. The van der Waals surface area contributed by atoms with Gasteiger partial charge in [0, 0.05) is 13.1 Å². The van der Waals surface area contributed by atoms with Gasteiger partial charge >= 0.3 is 0 Å². The Hall–Kier alpha value is -2.13. The average Bonchev–Trinajstić information content (AvgIpc) is 2.72. The van der Waals surface area contributed by atoms with Crippen LogP contribution in [0.2, 0.25) is 0 Å². The first-order valence-corrected chi connectivity index (χ1v) is 10.8. The second kappa shape index (κ2) is 9.88. The number of ether oxygens (including phenoxy) is 1. The number of hydrogen-bond donors (Lipinski definition) is 2. The van der Waals surface area contributed by atoms with Crippen molar-refractivity contribution < 1.29 is 4.74 Å². The zero-order valence-electron chi connectivity index (χ0n) is 16.2. The summed E-state index contributed by atoms with van der Waals surface area (Å²) in [5.74, 6) is 2.40. The Morgan fingerprint density at radius 3 is 2.75 bits per heavy atom. The van der Waals surface area contributed by atoms with Gasteiger partial charge in [0.05, 0.1) is 18.6 Å².